The summed E-state index contributed by atoms with van der Waals surface area (Å²) in [5.74, 6) is 0. The van der Waals surface area contributed by atoms with E-state index in [1.165, 1.54) is 6.07 Å². The average molecular weight is 261 g/mol. The number of halogens is 1. The summed E-state index contributed by atoms with van der Waals surface area (Å²) in [6.45, 7) is 0. The minimum Gasteiger partial charge on any atom is -0.361 e. The molecule has 0 amide bonds. The molecular formula is C12H9ClN4O. The van der Waals surface area contributed by atoms with Crippen molar-refractivity contribution in [3.8, 4) is 0 Å². The van der Waals surface area contributed by atoms with Crippen molar-refractivity contribution in [2.24, 2.45) is 0 Å². The third kappa shape index (κ3) is 1.96. The van der Waals surface area contributed by atoms with Crippen molar-refractivity contribution in [3.05, 3.63) is 52.0 Å². The molecule has 6 heteroatoms. The van der Waals surface area contributed by atoms with Gasteiger partial charge in [0.2, 0.25) is 0 Å². The van der Waals surface area contributed by atoms with Gasteiger partial charge in [-0.25, -0.2) is 5.10 Å². The minimum absolute atomic E-state index is 0.236. The lowest BCUT2D eigenvalue weighted by molar-refractivity contribution is 0.992. The number of aromatic nitrogens is 3. The summed E-state index contributed by atoms with van der Waals surface area (Å²) in [6.07, 6.45) is 1.87. The number of hydrogen-bond donors (Lipinski definition) is 3. The van der Waals surface area contributed by atoms with Gasteiger partial charge >= 0.3 is 0 Å². The van der Waals surface area contributed by atoms with Crippen LogP contribution in [0.4, 0.5) is 11.4 Å². The predicted octanol–water partition coefficient (Wildman–Crippen LogP) is 2.65. The Kier molecular flexibility index (Phi) is 2.53. The molecule has 0 unspecified atom stereocenters. The summed E-state index contributed by atoms with van der Waals surface area (Å²) in [7, 11) is 0. The van der Waals surface area contributed by atoms with E-state index in [1.807, 2.05) is 30.5 Å². The molecule has 2 heterocycles. The van der Waals surface area contributed by atoms with Crippen LogP contribution in [0.2, 0.25) is 5.15 Å². The van der Waals surface area contributed by atoms with Crippen LogP contribution in [-0.4, -0.2) is 15.2 Å². The van der Waals surface area contributed by atoms with Gasteiger partial charge in [0.05, 0.1) is 0 Å². The van der Waals surface area contributed by atoms with E-state index < -0.39 is 0 Å². The smallest absolute Gasteiger partial charge is 0.287 e. The minimum atomic E-state index is -0.312. The lowest BCUT2D eigenvalue weighted by atomic mass is 10.2. The maximum Gasteiger partial charge on any atom is 0.287 e. The number of nitrogens with one attached hydrogen (secondary N) is 3. The lowest BCUT2D eigenvalue weighted by Crippen LogP contribution is -2.12. The van der Waals surface area contributed by atoms with E-state index in [4.69, 9.17) is 11.6 Å². The zero-order chi connectivity index (χ0) is 12.5. The van der Waals surface area contributed by atoms with Crippen molar-refractivity contribution in [1.82, 2.24) is 15.2 Å². The summed E-state index contributed by atoms with van der Waals surface area (Å²) in [5, 5.41) is 10.2. The van der Waals surface area contributed by atoms with Crippen LogP contribution in [0.3, 0.4) is 0 Å². The average Bonchev–Trinajstić information content (AvgIpc) is 2.81. The first-order valence-corrected chi connectivity index (χ1v) is 5.69. The van der Waals surface area contributed by atoms with Crippen LogP contribution < -0.4 is 10.9 Å². The van der Waals surface area contributed by atoms with Gasteiger partial charge in [-0.3, -0.25) is 4.79 Å². The Bertz CT molecular complexity index is 762. The van der Waals surface area contributed by atoms with Crippen LogP contribution in [0.25, 0.3) is 10.9 Å². The number of hydrogen-bond acceptors (Lipinski definition) is 3. The topological polar surface area (TPSA) is 73.6 Å². The van der Waals surface area contributed by atoms with Crippen molar-refractivity contribution in [2.75, 3.05) is 5.32 Å². The second-order valence-electron chi connectivity index (χ2n) is 3.84. The lowest BCUT2D eigenvalue weighted by Gasteiger charge is -2.05. The summed E-state index contributed by atoms with van der Waals surface area (Å²) < 4.78 is 0. The van der Waals surface area contributed by atoms with Gasteiger partial charge in [0.15, 0.2) is 5.15 Å². The van der Waals surface area contributed by atoms with Gasteiger partial charge in [0.1, 0.15) is 5.69 Å². The molecule has 0 radical (unpaired) electrons. The molecule has 2 aromatic heterocycles. The first-order chi connectivity index (χ1) is 8.72. The Labute approximate surface area is 107 Å². The molecule has 0 atom stereocenters. The molecule has 0 saturated carbocycles. The fraction of sp³-hybridized carbons (Fsp3) is 0. The molecule has 3 rings (SSSR count). The molecule has 1 aromatic carbocycles. The number of H-pyrrole nitrogens is 2. The molecule has 0 spiro atoms. The highest BCUT2D eigenvalue weighted by Gasteiger charge is 2.03. The zero-order valence-corrected chi connectivity index (χ0v) is 9.95. The Balaban J connectivity index is 2.00. The van der Waals surface area contributed by atoms with Crippen molar-refractivity contribution in [1.29, 1.82) is 0 Å². The van der Waals surface area contributed by atoms with Gasteiger partial charge in [-0.1, -0.05) is 11.6 Å². The molecule has 0 fully saturated rings. The number of nitrogens with zero attached hydrogens (tertiary/aromatic N) is 1. The van der Waals surface area contributed by atoms with Crippen molar-refractivity contribution >= 4 is 33.9 Å². The number of aromatic amines is 2. The summed E-state index contributed by atoms with van der Waals surface area (Å²) >= 11 is 5.73. The van der Waals surface area contributed by atoms with E-state index in [9.17, 15) is 4.79 Å². The Hall–Kier alpha value is -2.27. The van der Waals surface area contributed by atoms with E-state index >= 15 is 0 Å². The summed E-state index contributed by atoms with van der Waals surface area (Å²) in [5.41, 5.74) is 1.91. The SMILES string of the molecule is O=c1[nH]nc(Cl)cc1Nc1ccc2[nH]ccc2c1. The molecule has 0 aliphatic rings. The van der Waals surface area contributed by atoms with Crippen LogP contribution in [0.1, 0.15) is 0 Å². The molecular weight excluding hydrogens is 252 g/mol. The van der Waals surface area contributed by atoms with E-state index in [-0.39, 0.29) is 10.7 Å². The second-order valence-corrected chi connectivity index (χ2v) is 4.23. The molecule has 0 aliphatic carbocycles. The van der Waals surface area contributed by atoms with Crippen LogP contribution in [0, 0.1) is 0 Å². The second kappa shape index (κ2) is 4.19. The fourth-order valence-corrected chi connectivity index (χ4v) is 1.91. The zero-order valence-electron chi connectivity index (χ0n) is 9.20. The van der Waals surface area contributed by atoms with Crippen LogP contribution in [0.15, 0.2) is 41.3 Å². The van der Waals surface area contributed by atoms with Gasteiger partial charge in [-0.2, -0.15) is 5.10 Å². The number of benzene rings is 1. The molecule has 18 heavy (non-hydrogen) atoms. The van der Waals surface area contributed by atoms with Crippen LogP contribution in [0.5, 0.6) is 0 Å². The first kappa shape index (κ1) is 10.9. The molecule has 0 saturated heterocycles. The molecule has 0 bridgehead atoms. The maximum absolute atomic E-state index is 11.5. The molecule has 0 aliphatic heterocycles. The van der Waals surface area contributed by atoms with Gasteiger partial charge in [-0.15, -0.1) is 0 Å². The van der Waals surface area contributed by atoms with E-state index in [0.29, 0.717) is 5.69 Å². The van der Waals surface area contributed by atoms with E-state index in [2.05, 4.69) is 20.5 Å². The quantitative estimate of drug-likeness (QED) is 0.663. The van der Waals surface area contributed by atoms with Gasteiger partial charge < -0.3 is 10.3 Å². The molecule has 3 N–H and O–H groups in total. The fourth-order valence-electron chi connectivity index (χ4n) is 1.76. The molecule has 90 valence electrons. The predicted molar refractivity (Wildman–Crippen MR) is 71.4 cm³/mol. The maximum atomic E-state index is 11.5. The highest BCUT2D eigenvalue weighted by Crippen LogP contribution is 2.20. The standard InChI is InChI=1S/C12H9ClN4O/c13-11-6-10(12(18)17-16-11)15-8-1-2-9-7(5-8)3-4-14-9/h1-6,14H,(H,15,16)(H,17,18). The van der Waals surface area contributed by atoms with E-state index in [1.54, 1.807) is 0 Å². The number of rotatable bonds is 2. The molecule has 5 nitrogen and oxygen atoms in total. The monoisotopic (exact) mass is 260 g/mol. The van der Waals surface area contributed by atoms with Crippen molar-refractivity contribution in [2.45, 2.75) is 0 Å². The third-order valence-electron chi connectivity index (χ3n) is 2.60. The Morgan fingerprint density at radius 1 is 1.22 bits per heavy atom. The van der Waals surface area contributed by atoms with Gasteiger partial charge in [0, 0.05) is 28.9 Å². The number of anilines is 2. The highest BCUT2D eigenvalue weighted by molar-refractivity contribution is 6.29. The third-order valence-corrected chi connectivity index (χ3v) is 2.80. The van der Waals surface area contributed by atoms with E-state index in [0.717, 1.165) is 16.6 Å². The van der Waals surface area contributed by atoms with Gasteiger partial charge in [-0.05, 0) is 24.3 Å². The largest absolute Gasteiger partial charge is 0.361 e. The van der Waals surface area contributed by atoms with Crippen LogP contribution >= 0.6 is 11.6 Å². The van der Waals surface area contributed by atoms with Crippen LogP contribution in [-0.2, 0) is 0 Å². The Morgan fingerprint density at radius 2 is 2.11 bits per heavy atom. The number of fused-ring (bicyclic) bond motifs is 1. The summed E-state index contributed by atoms with van der Waals surface area (Å²) in [6, 6.07) is 9.22. The van der Waals surface area contributed by atoms with Crippen molar-refractivity contribution < 1.29 is 0 Å². The summed E-state index contributed by atoms with van der Waals surface area (Å²) in [4.78, 5) is 14.6. The van der Waals surface area contributed by atoms with Gasteiger partial charge in [0.25, 0.3) is 5.56 Å². The first-order valence-electron chi connectivity index (χ1n) is 5.32. The molecule has 3 aromatic rings. The Morgan fingerprint density at radius 3 is 3.00 bits per heavy atom. The highest BCUT2D eigenvalue weighted by atomic mass is 35.5. The van der Waals surface area contributed by atoms with Crippen molar-refractivity contribution in [3.63, 3.8) is 0 Å². The normalized spacial score (nSPS) is 10.7.